The van der Waals surface area contributed by atoms with Crippen LogP contribution in [0.2, 0.25) is 0 Å². The van der Waals surface area contributed by atoms with E-state index < -0.39 is 17.8 Å². The summed E-state index contributed by atoms with van der Waals surface area (Å²) in [5.74, 6) is -0.370. The van der Waals surface area contributed by atoms with Gasteiger partial charge >= 0.3 is 6.18 Å². The van der Waals surface area contributed by atoms with Crippen molar-refractivity contribution in [1.82, 2.24) is 15.1 Å². The Labute approximate surface area is 160 Å². The average molecular weight is 397 g/mol. The molecular formula is C19H22F3N3O3. The zero-order chi connectivity index (χ0) is 20.1. The Balaban J connectivity index is 1.55. The largest absolute Gasteiger partial charge is 0.416 e. The number of hydrogen-bond donors (Lipinski definition) is 1. The number of alkyl halides is 3. The van der Waals surface area contributed by atoms with Crippen LogP contribution in [0.1, 0.15) is 18.1 Å². The molecule has 3 heterocycles. The number of halogens is 3. The van der Waals surface area contributed by atoms with Gasteiger partial charge < -0.3 is 19.9 Å². The van der Waals surface area contributed by atoms with Crippen molar-refractivity contribution in [1.29, 1.82) is 0 Å². The molecule has 3 saturated heterocycles. The van der Waals surface area contributed by atoms with E-state index in [9.17, 15) is 22.8 Å². The molecule has 1 N–H and O–H groups in total. The highest BCUT2D eigenvalue weighted by molar-refractivity contribution is 5.95. The smallest absolute Gasteiger partial charge is 0.380 e. The fourth-order valence-electron chi connectivity index (χ4n) is 3.97. The van der Waals surface area contributed by atoms with Crippen molar-refractivity contribution in [2.75, 3.05) is 26.3 Å². The van der Waals surface area contributed by atoms with Crippen LogP contribution in [0, 0.1) is 5.92 Å². The Hall–Kier alpha value is -2.13. The fourth-order valence-corrected chi connectivity index (χ4v) is 3.97. The van der Waals surface area contributed by atoms with Crippen LogP contribution in [0.4, 0.5) is 13.2 Å². The molecule has 9 heteroatoms. The van der Waals surface area contributed by atoms with Crippen LogP contribution in [0.15, 0.2) is 24.3 Å². The number of nitrogens with zero attached hydrogens (tertiary/aromatic N) is 2. The molecule has 1 aromatic carbocycles. The van der Waals surface area contributed by atoms with E-state index in [0.717, 1.165) is 12.1 Å². The topological polar surface area (TPSA) is 61.9 Å². The summed E-state index contributed by atoms with van der Waals surface area (Å²) in [4.78, 5) is 29.2. The maximum absolute atomic E-state index is 13.2. The molecule has 3 fully saturated rings. The van der Waals surface area contributed by atoms with E-state index >= 15 is 0 Å². The number of ether oxygens (including phenoxy) is 1. The highest BCUT2D eigenvalue weighted by Crippen LogP contribution is 2.31. The number of benzene rings is 1. The molecule has 0 radical (unpaired) electrons. The molecule has 4 rings (SSSR count). The molecule has 3 aliphatic heterocycles. The quantitative estimate of drug-likeness (QED) is 0.831. The van der Waals surface area contributed by atoms with Gasteiger partial charge in [-0.1, -0.05) is 12.1 Å². The molecule has 0 bridgehead atoms. The van der Waals surface area contributed by atoms with Crippen LogP contribution >= 0.6 is 0 Å². The van der Waals surface area contributed by atoms with Gasteiger partial charge in [0.15, 0.2) is 0 Å². The molecule has 0 saturated carbocycles. The molecule has 3 atom stereocenters. The number of hydrogen-bond acceptors (Lipinski definition) is 4. The minimum absolute atomic E-state index is 0.000230. The number of carbonyl (C=O) groups excluding carboxylic acids is 2. The van der Waals surface area contributed by atoms with E-state index in [0.29, 0.717) is 25.3 Å². The average Bonchev–Trinajstić information content (AvgIpc) is 2.59. The molecule has 0 spiro atoms. The molecule has 2 amide bonds. The van der Waals surface area contributed by atoms with Crippen molar-refractivity contribution in [3.05, 3.63) is 35.4 Å². The molecule has 1 aromatic rings. The van der Waals surface area contributed by atoms with Gasteiger partial charge in [-0.3, -0.25) is 9.59 Å². The van der Waals surface area contributed by atoms with Crippen molar-refractivity contribution >= 4 is 11.8 Å². The van der Waals surface area contributed by atoms with Crippen LogP contribution in [-0.4, -0.2) is 66.0 Å². The maximum Gasteiger partial charge on any atom is 0.416 e. The fraction of sp³-hybridized carbons (Fsp3) is 0.579. The first-order valence-electron chi connectivity index (χ1n) is 9.33. The molecule has 2 unspecified atom stereocenters. The molecule has 152 valence electrons. The van der Waals surface area contributed by atoms with E-state index in [-0.39, 0.29) is 42.9 Å². The SMILES string of the molecule is C[C@@H]1NCC1N1CC(=O)N(Cc2ccc(C(F)(F)F)cc2)C(C2COC2)C1=O. The summed E-state index contributed by atoms with van der Waals surface area (Å²) in [5.41, 5.74) is -0.176. The van der Waals surface area contributed by atoms with Gasteiger partial charge in [0, 0.05) is 25.0 Å². The van der Waals surface area contributed by atoms with Crippen molar-refractivity contribution in [3.8, 4) is 0 Å². The van der Waals surface area contributed by atoms with Crippen molar-refractivity contribution in [3.63, 3.8) is 0 Å². The first-order valence-corrected chi connectivity index (χ1v) is 9.33. The van der Waals surface area contributed by atoms with Crippen molar-refractivity contribution < 1.29 is 27.5 Å². The lowest BCUT2D eigenvalue weighted by molar-refractivity contribution is -0.172. The van der Waals surface area contributed by atoms with Crippen molar-refractivity contribution in [2.24, 2.45) is 5.92 Å². The Morgan fingerprint density at radius 1 is 1.18 bits per heavy atom. The maximum atomic E-state index is 13.2. The van der Waals surface area contributed by atoms with Gasteiger partial charge in [0.05, 0.1) is 24.8 Å². The monoisotopic (exact) mass is 397 g/mol. The van der Waals surface area contributed by atoms with Gasteiger partial charge in [0.1, 0.15) is 12.6 Å². The standard InChI is InChI=1S/C19H22F3N3O3/c1-11-15(6-23-11)24-8-16(26)25(17(18(24)27)13-9-28-10-13)7-12-2-4-14(5-3-12)19(20,21)22/h2-5,11,13,15,17,23H,6-10H2,1H3/t11-,15?,17?/m0/s1. The Morgan fingerprint density at radius 3 is 2.32 bits per heavy atom. The van der Waals surface area contributed by atoms with E-state index in [2.05, 4.69) is 5.32 Å². The second-order valence-electron chi connectivity index (χ2n) is 7.69. The minimum Gasteiger partial charge on any atom is -0.380 e. The predicted octanol–water partition coefficient (Wildman–Crippen LogP) is 1.25. The summed E-state index contributed by atoms with van der Waals surface area (Å²) in [6.45, 7) is 3.55. The molecule has 3 aliphatic rings. The summed E-state index contributed by atoms with van der Waals surface area (Å²) >= 11 is 0. The lowest BCUT2D eigenvalue weighted by Crippen LogP contribution is -2.72. The van der Waals surface area contributed by atoms with Gasteiger partial charge in [-0.05, 0) is 24.6 Å². The van der Waals surface area contributed by atoms with Gasteiger partial charge in [-0.2, -0.15) is 13.2 Å². The summed E-state index contributed by atoms with van der Waals surface area (Å²) in [6, 6.07) is 4.22. The summed E-state index contributed by atoms with van der Waals surface area (Å²) in [6.07, 6.45) is -4.41. The Morgan fingerprint density at radius 2 is 1.86 bits per heavy atom. The number of nitrogens with one attached hydrogen (secondary N) is 1. The van der Waals surface area contributed by atoms with Crippen LogP contribution in [0.25, 0.3) is 0 Å². The second kappa shape index (κ2) is 7.04. The van der Waals surface area contributed by atoms with Gasteiger partial charge in [-0.25, -0.2) is 0 Å². The van der Waals surface area contributed by atoms with Gasteiger partial charge in [-0.15, -0.1) is 0 Å². The van der Waals surface area contributed by atoms with Crippen LogP contribution in [-0.2, 0) is 27.0 Å². The van der Waals surface area contributed by atoms with E-state index in [1.54, 1.807) is 4.90 Å². The zero-order valence-corrected chi connectivity index (χ0v) is 15.4. The van der Waals surface area contributed by atoms with E-state index in [1.807, 2.05) is 6.92 Å². The first kappa shape index (κ1) is 19.2. The highest BCUT2D eigenvalue weighted by atomic mass is 19.4. The summed E-state index contributed by atoms with van der Waals surface area (Å²) < 4.78 is 43.5. The normalized spacial score (nSPS) is 28.9. The summed E-state index contributed by atoms with van der Waals surface area (Å²) in [5, 5.41) is 3.20. The number of carbonyl (C=O) groups is 2. The van der Waals surface area contributed by atoms with Gasteiger partial charge in [0.25, 0.3) is 0 Å². The lowest BCUT2D eigenvalue weighted by atomic mass is 9.90. The third-order valence-corrected chi connectivity index (χ3v) is 5.87. The van der Waals surface area contributed by atoms with Crippen LogP contribution < -0.4 is 5.32 Å². The molecular weight excluding hydrogens is 375 g/mol. The van der Waals surface area contributed by atoms with Gasteiger partial charge in [0.2, 0.25) is 11.8 Å². The number of rotatable bonds is 4. The number of piperazine rings is 1. The second-order valence-corrected chi connectivity index (χ2v) is 7.69. The first-order chi connectivity index (χ1) is 13.3. The highest BCUT2D eigenvalue weighted by Gasteiger charge is 2.49. The Bertz CT molecular complexity index is 764. The molecule has 6 nitrogen and oxygen atoms in total. The van der Waals surface area contributed by atoms with Crippen molar-refractivity contribution in [2.45, 2.75) is 37.8 Å². The lowest BCUT2D eigenvalue weighted by Gasteiger charge is -2.51. The predicted molar refractivity (Wildman–Crippen MR) is 93.1 cm³/mol. The Kier molecular flexibility index (Phi) is 4.83. The van der Waals surface area contributed by atoms with Crippen LogP contribution in [0.3, 0.4) is 0 Å². The third-order valence-electron chi connectivity index (χ3n) is 5.87. The minimum atomic E-state index is -4.41. The summed E-state index contributed by atoms with van der Waals surface area (Å²) in [7, 11) is 0. The molecule has 0 aliphatic carbocycles. The van der Waals surface area contributed by atoms with E-state index in [4.69, 9.17) is 4.74 Å². The van der Waals surface area contributed by atoms with E-state index in [1.165, 1.54) is 17.0 Å². The number of amides is 2. The molecule has 28 heavy (non-hydrogen) atoms. The third kappa shape index (κ3) is 3.37. The molecule has 0 aromatic heterocycles. The van der Waals surface area contributed by atoms with Crippen LogP contribution in [0.5, 0.6) is 0 Å². The zero-order valence-electron chi connectivity index (χ0n) is 15.4.